The average Bonchev–Trinajstić information content (AvgIpc) is 2.89. The zero-order chi connectivity index (χ0) is 25.4. The van der Waals surface area contributed by atoms with Crippen LogP contribution in [-0.2, 0) is 17.6 Å². The predicted octanol–water partition coefficient (Wildman–Crippen LogP) is 2.50. The number of hydrogen-bond donors (Lipinski definition) is 1. The fourth-order valence-corrected chi connectivity index (χ4v) is 3.51. The van der Waals surface area contributed by atoms with E-state index in [2.05, 4.69) is 15.2 Å². The van der Waals surface area contributed by atoms with Gasteiger partial charge in [-0.25, -0.2) is 0 Å². The van der Waals surface area contributed by atoms with Crippen LogP contribution in [0.2, 0.25) is 0 Å². The number of methoxy groups -OCH3 is 4. The van der Waals surface area contributed by atoms with Crippen LogP contribution in [-0.4, -0.2) is 68.0 Å². The number of nitrogens with one attached hydrogen (secondary N) is 1. The van der Waals surface area contributed by atoms with Gasteiger partial charge < -0.3 is 28.8 Å². The lowest BCUT2D eigenvalue weighted by atomic mass is 10.1. The Morgan fingerprint density at radius 3 is 2.11 bits per heavy atom. The fourth-order valence-electron chi connectivity index (χ4n) is 3.51. The highest BCUT2D eigenvalue weighted by molar-refractivity contribution is 5.76. The van der Waals surface area contributed by atoms with E-state index in [1.165, 1.54) is 7.11 Å². The third kappa shape index (κ3) is 6.28. The number of H-pyrrole nitrogens is 1. The van der Waals surface area contributed by atoms with Crippen molar-refractivity contribution in [3.05, 3.63) is 58.0 Å². The molecule has 10 heteroatoms. The summed E-state index contributed by atoms with van der Waals surface area (Å²) in [6.07, 6.45) is 0.993. The molecule has 0 aliphatic heterocycles. The second-order valence-electron chi connectivity index (χ2n) is 7.77. The number of hydrogen-bond acceptors (Lipinski definition) is 8. The number of aromatic nitrogens is 3. The largest absolute Gasteiger partial charge is 0.493 e. The van der Waals surface area contributed by atoms with Crippen LogP contribution in [0.1, 0.15) is 17.7 Å². The van der Waals surface area contributed by atoms with Crippen molar-refractivity contribution < 1.29 is 23.7 Å². The molecule has 1 aromatic heterocycles. The van der Waals surface area contributed by atoms with Crippen molar-refractivity contribution in [3.8, 4) is 34.4 Å². The normalized spacial score (nSPS) is 10.5. The van der Waals surface area contributed by atoms with Crippen molar-refractivity contribution in [3.63, 3.8) is 0 Å². The Bertz CT molecular complexity index is 1230. The number of nitrogens with zero attached hydrogens (tertiary/aromatic N) is 3. The van der Waals surface area contributed by atoms with Crippen molar-refractivity contribution in [2.75, 3.05) is 42.0 Å². The Morgan fingerprint density at radius 1 is 0.857 bits per heavy atom. The van der Waals surface area contributed by atoms with E-state index in [1.807, 2.05) is 18.2 Å². The van der Waals surface area contributed by atoms with Gasteiger partial charge in [0.1, 0.15) is 5.69 Å². The van der Waals surface area contributed by atoms with Crippen LogP contribution in [0.5, 0.6) is 23.0 Å². The van der Waals surface area contributed by atoms with Crippen LogP contribution in [0.15, 0.2) is 41.2 Å². The van der Waals surface area contributed by atoms with Crippen LogP contribution in [0.4, 0.5) is 0 Å². The molecule has 0 atom stereocenters. The number of benzene rings is 2. The number of likely N-dealkylation sites (N-methyl/N-ethyl adjacent to an activating group) is 1. The first-order valence-electron chi connectivity index (χ1n) is 11.0. The van der Waals surface area contributed by atoms with Crippen molar-refractivity contribution >= 4 is 5.91 Å². The second kappa shape index (κ2) is 11.9. The zero-order valence-electron chi connectivity index (χ0n) is 20.6. The number of amides is 1. The number of rotatable bonds is 11. The molecule has 0 unspecified atom stereocenters. The summed E-state index contributed by atoms with van der Waals surface area (Å²) < 4.78 is 21.1. The van der Waals surface area contributed by atoms with E-state index in [-0.39, 0.29) is 30.0 Å². The topological polar surface area (TPSA) is 116 Å². The van der Waals surface area contributed by atoms with Crippen molar-refractivity contribution in [1.82, 2.24) is 20.1 Å². The number of aromatic amines is 1. The first-order valence-corrected chi connectivity index (χ1v) is 11.0. The van der Waals surface area contributed by atoms with Crippen molar-refractivity contribution in [2.45, 2.75) is 19.3 Å². The number of carbonyl (C=O) groups excluding carboxylic acids is 1. The molecular weight excluding hydrogens is 452 g/mol. The van der Waals surface area contributed by atoms with Gasteiger partial charge in [-0.15, -0.1) is 10.2 Å². The van der Waals surface area contributed by atoms with Gasteiger partial charge in [0, 0.05) is 32.0 Å². The molecule has 186 valence electrons. The number of aryl methyl sites for hydroxylation is 1. The average molecular weight is 483 g/mol. The molecule has 0 fully saturated rings. The third-order valence-electron chi connectivity index (χ3n) is 5.61. The van der Waals surface area contributed by atoms with Gasteiger partial charge in [-0.2, -0.15) is 0 Å². The summed E-state index contributed by atoms with van der Waals surface area (Å²) >= 11 is 0. The highest BCUT2D eigenvalue weighted by Crippen LogP contribution is 2.30. The Hall–Kier alpha value is -4.08. The third-order valence-corrected chi connectivity index (χ3v) is 5.61. The summed E-state index contributed by atoms with van der Waals surface area (Å²) in [5.41, 5.74) is 1.47. The Labute approximate surface area is 203 Å². The van der Waals surface area contributed by atoms with Gasteiger partial charge >= 0.3 is 0 Å². The summed E-state index contributed by atoms with van der Waals surface area (Å²) in [6.45, 7) is 0.522. The minimum atomic E-state index is -0.384. The zero-order valence-corrected chi connectivity index (χ0v) is 20.6. The maximum Gasteiger partial charge on any atom is 0.273 e. The first-order chi connectivity index (χ1) is 16.9. The minimum Gasteiger partial charge on any atom is -0.493 e. The quantitative estimate of drug-likeness (QED) is 0.443. The van der Waals surface area contributed by atoms with Crippen LogP contribution in [0.25, 0.3) is 11.4 Å². The van der Waals surface area contributed by atoms with E-state index < -0.39 is 0 Å². The molecule has 2 aromatic carbocycles. The molecule has 1 heterocycles. The van der Waals surface area contributed by atoms with Gasteiger partial charge in [0.25, 0.3) is 5.56 Å². The maximum atomic E-state index is 12.6. The molecule has 0 saturated heterocycles. The van der Waals surface area contributed by atoms with Crippen molar-refractivity contribution in [2.24, 2.45) is 0 Å². The molecule has 1 amide bonds. The van der Waals surface area contributed by atoms with E-state index in [0.717, 1.165) is 5.56 Å². The van der Waals surface area contributed by atoms with E-state index >= 15 is 0 Å². The molecule has 0 spiro atoms. The molecule has 3 rings (SSSR count). The number of ether oxygens (including phenoxy) is 4. The lowest BCUT2D eigenvalue weighted by Gasteiger charge is -2.17. The van der Waals surface area contributed by atoms with Gasteiger partial charge in [-0.1, -0.05) is 6.07 Å². The smallest absolute Gasteiger partial charge is 0.273 e. The molecule has 0 aliphatic rings. The summed E-state index contributed by atoms with van der Waals surface area (Å²) in [6, 6.07) is 10.8. The summed E-state index contributed by atoms with van der Waals surface area (Å²) in [5, 5.41) is 8.17. The monoisotopic (exact) mass is 482 g/mol. The van der Waals surface area contributed by atoms with E-state index in [0.29, 0.717) is 47.4 Å². The molecule has 3 aromatic rings. The summed E-state index contributed by atoms with van der Waals surface area (Å²) in [4.78, 5) is 29.5. The van der Waals surface area contributed by atoms with Crippen LogP contribution < -0.4 is 24.5 Å². The van der Waals surface area contributed by atoms with Gasteiger partial charge in [-0.3, -0.25) is 9.59 Å². The standard InChI is InChI=1S/C25H30N4O6/c1-29(13-12-16-6-9-19(32-2)21(14-16)34-4)23(30)11-8-18-25(31)26-24(28-27-18)17-7-10-20(33-3)22(15-17)35-5/h6-7,9-10,14-15H,8,11-13H2,1-5H3,(H,26,28,31). The summed E-state index contributed by atoms with van der Waals surface area (Å²) in [5.74, 6) is 2.60. The van der Waals surface area contributed by atoms with Crippen LogP contribution in [0.3, 0.4) is 0 Å². The summed E-state index contributed by atoms with van der Waals surface area (Å²) in [7, 11) is 7.98. The van der Waals surface area contributed by atoms with E-state index in [9.17, 15) is 9.59 Å². The highest BCUT2D eigenvalue weighted by atomic mass is 16.5. The lowest BCUT2D eigenvalue weighted by Crippen LogP contribution is -2.30. The lowest BCUT2D eigenvalue weighted by molar-refractivity contribution is -0.129. The predicted molar refractivity (Wildman–Crippen MR) is 130 cm³/mol. The molecule has 0 saturated carbocycles. The van der Waals surface area contributed by atoms with E-state index in [4.69, 9.17) is 18.9 Å². The molecule has 35 heavy (non-hydrogen) atoms. The van der Waals surface area contributed by atoms with Gasteiger partial charge in [-0.05, 0) is 42.3 Å². The molecular formula is C25H30N4O6. The molecule has 0 bridgehead atoms. The molecule has 0 radical (unpaired) electrons. The van der Waals surface area contributed by atoms with Gasteiger partial charge in [0.2, 0.25) is 5.91 Å². The maximum absolute atomic E-state index is 12.6. The Kier molecular flexibility index (Phi) is 8.66. The minimum absolute atomic E-state index is 0.0874. The van der Waals surface area contributed by atoms with Gasteiger partial charge in [0.15, 0.2) is 28.8 Å². The first kappa shape index (κ1) is 25.5. The van der Waals surface area contributed by atoms with Gasteiger partial charge in [0.05, 0.1) is 28.4 Å². The highest BCUT2D eigenvalue weighted by Gasteiger charge is 2.14. The molecule has 0 aliphatic carbocycles. The SMILES string of the molecule is COc1ccc(CCN(C)C(=O)CCc2nnc(-c3ccc(OC)c(OC)c3)[nH]c2=O)cc1OC. The Morgan fingerprint density at radius 2 is 1.49 bits per heavy atom. The Balaban J connectivity index is 1.58. The van der Waals surface area contributed by atoms with Crippen LogP contribution >= 0.6 is 0 Å². The number of carbonyl (C=O) groups is 1. The fraction of sp³-hybridized carbons (Fsp3) is 0.360. The van der Waals surface area contributed by atoms with Crippen molar-refractivity contribution in [1.29, 1.82) is 0 Å². The van der Waals surface area contributed by atoms with Crippen LogP contribution in [0, 0.1) is 0 Å². The van der Waals surface area contributed by atoms with E-state index in [1.54, 1.807) is 51.5 Å². The molecule has 1 N–H and O–H groups in total. The molecule has 10 nitrogen and oxygen atoms in total. The second-order valence-corrected chi connectivity index (χ2v) is 7.77.